The number of nitrogens with zero attached hydrogens (tertiary/aromatic N) is 1. The molecule has 26 heavy (non-hydrogen) atoms. The summed E-state index contributed by atoms with van der Waals surface area (Å²) in [5, 5.41) is 2.93. The minimum atomic E-state index is -0.136. The van der Waals surface area contributed by atoms with Crippen LogP contribution >= 0.6 is 0 Å². The van der Waals surface area contributed by atoms with Gasteiger partial charge >= 0.3 is 6.03 Å². The van der Waals surface area contributed by atoms with Gasteiger partial charge in [-0.25, -0.2) is 4.79 Å². The van der Waals surface area contributed by atoms with Crippen LogP contribution in [-0.2, 0) is 9.47 Å². The molecule has 1 unspecified atom stereocenters. The van der Waals surface area contributed by atoms with Gasteiger partial charge in [-0.05, 0) is 17.7 Å². The van der Waals surface area contributed by atoms with Crippen molar-refractivity contribution >= 4 is 11.7 Å². The van der Waals surface area contributed by atoms with Crippen LogP contribution < -0.4 is 10.1 Å². The standard InChI is InChI=1S/C20H24N2O4/c1-24-12-13-25-18-9-5-8-17(14-18)21-20(23)22-10-11-26-19(15-22)16-6-3-2-4-7-16/h2-9,14,19H,10-13,15H2,1H3,(H,21,23). The topological polar surface area (TPSA) is 60.0 Å². The van der Waals surface area contributed by atoms with Crippen molar-refractivity contribution < 1.29 is 19.0 Å². The van der Waals surface area contributed by atoms with Gasteiger partial charge in [0.15, 0.2) is 0 Å². The number of morpholine rings is 1. The number of ether oxygens (including phenoxy) is 3. The van der Waals surface area contributed by atoms with E-state index in [1.807, 2.05) is 54.6 Å². The summed E-state index contributed by atoms with van der Waals surface area (Å²) in [5.41, 5.74) is 1.78. The van der Waals surface area contributed by atoms with Gasteiger partial charge in [-0.2, -0.15) is 0 Å². The fourth-order valence-corrected chi connectivity index (χ4v) is 2.81. The molecule has 2 aromatic rings. The number of urea groups is 1. The van der Waals surface area contributed by atoms with Crippen LogP contribution in [0.1, 0.15) is 11.7 Å². The summed E-state index contributed by atoms with van der Waals surface area (Å²) in [5.74, 6) is 0.698. The lowest BCUT2D eigenvalue weighted by Crippen LogP contribution is -2.44. The Kier molecular flexibility index (Phi) is 6.46. The van der Waals surface area contributed by atoms with Gasteiger partial charge in [0, 0.05) is 25.4 Å². The second-order valence-electron chi connectivity index (χ2n) is 6.02. The number of hydrogen-bond acceptors (Lipinski definition) is 4. The molecule has 0 aliphatic carbocycles. The summed E-state index contributed by atoms with van der Waals surface area (Å²) >= 11 is 0. The molecule has 138 valence electrons. The van der Waals surface area contributed by atoms with Crippen molar-refractivity contribution in [3.05, 3.63) is 60.2 Å². The van der Waals surface area contributed by atoms with Crippen molar-refractivity contribution in [2.75, 3.05) is 45.3 Å². The summed E-state index contributed by atoms with van der Waals surface area (Å²) < 4.78 is 16.4. The molecule has 1 aliphatic heterocycles. The zero-order chi connectivity index (χ0) is 18.2. The number of nitrogens with one attached hydrogen (secondary N) is 1. The molecule has 1 atom stereocenters. The molecule has 0 saturated carbocycles. The maximum atomic E-state index is 12.6. The highest BCUT2D eigenvalue weighted by Crippen LogP contribution is 2.23. The van der Waals surface area contributed by atoms with Crippen molar-refractivity contribution in [2.45, 2.75) is 6.10 Å². The molecule has 1 heterocycles. The normalized spacial score (nSPS) is 17.0. The molecule has 0 aromatic heterocycles. The zero-order valence-electron chi connectivity index (χ0n) is 14.9. The van der Waals surface area contributed by atoms with Crippen molar-refractivity contribution in [3.8, 4) is 5.75 Å². The number of amides is 2. The van der Waals surface area contributed by atoms with Crippen LogP contribution in [0.15, 0.2) is 54.6 Å². The Morgan fingerprint density at radius 2 is 2.04 bits per heavy atom. The number of anilines is 1. The molecule has 0 spiro atoms. The van der Waals surface area contributed by atoms with Gasteiger partial charge in [-0.15, -0.1) is 0 Å². The van der Waals surface area contributed by atoms with Crippen LogP contribution in [0, 0.1) is 0 Å². The molecule has 1 aliphatic rings. The monoisotopic (exact) mass is 356 g/mol. The number of methoxy groups -OCH3 is 1. The minimum absolute atomic E-state index is 0.0978. The maximum Gasteiger partial charge on any atom is 0.322 e. The third-order valence-electron chi connectivity index (χ3n) is 4.17. The van der Waals surface area contributed by atoms with Gasteiger partial charge in [0.25, 0.3) is 0 Å². The van der Waals surface area contributed by atoms with Gasteiger partial charge in [0.05, 0.1) is 19.8 Å². The molecule has 1 N–H and O–H groups in total. The van der Waals surface area contributed by atoms with Crippen LogP contribution in [0.25, 0.3) is 0 Å². The summed E-state index contributed by atoms with van der Waals surface area (Å²) in [6.45, 7) is 2.60. The second kappa shape index (κ2) is 9.22. The van der Waals surface area contributed by atoms with E-state index >= 15 is 0 Å². The SMILES string of the molecule is COCCOc1cccc(NC(=O)N2CCOC(c3ccccc3)C2)c1. The summed E-state index contributed by atoms with van der Waals surface area (Å²) in [6, 6.07) is 17.2. The molecule has 0 bridgehead atoms. The Bertz CT molecular complexity index is 708. The van der Waals surface area contributed by atoms with Gasteiger partial charge in [-0.1, -0.05) is 36.4 Å². The average Bonchev–Trinajstić information content (AvgIpc) is 2.69. The zero-order valence-corrected chi connectivity index (χ0v) is 14.9. The molecule has 2 aromatic carbocycles. The van der Waals surface area contributed by atoms with E-state index in [0.29, 0.717) is 44.3 Å². The summed E-state index contributed by atoms with van der Waals surface area (Å²) in [6.07, 6.45) is -0.0978. The van der Waals surface area contributed by atoms with Crippen LogP contribution in [0.4, 0.5) is 10.5 Å². The second-order valence-corrected chi connectivity index (χ2v) is 6.02. The van der Waals surface area contributed by atoms with E-state index < -0.39 is 0 Å². The Hall–Kier alpha value is -2.57. The predicted octanol–water partition coefficient (Wildman–Crippen LogP) is 3.32. The molecule has 3 rings (SSSR count). The Morgan fingerprint density at radius 3 is 2.85 bits per heavy atom. The Morgan fingerprint density at radius 1 is 1.19 bits per heavy atom. The molecule has 1 fully saturated rings. The van der Waals surface area contributed by atoms with Crippen molar-refractivity contribution in [1.82, 2.24) is 4.90 Å². The highest BCUT2D eigenvalue weighted by atomic mass is 16.5. The predicted molar refractivity (Wildman–Crippen MR) is 99.5 cm³/mol. The third kappa shape index (κ3) is 4.97. The first-order valence-corrected chi connectivity index (χ1v) is 8.70. The van der Waals surface area contributed by atoms with Gasteiger partial charge in [0.1, 0.15) is 18.5 Å². The molecular formula is C20H24N2O4. The van der Waals surface area contributed by atoms with Crippen LogP contribution in [-0.4, -0.2) is 51.0 Å². The Labute approximate surface area is 153 Å². The fourth-order valence-electron chi connectivity index (χ4n) is 2.81. The number of hydrogen-bond donors (Lipinski definition) is 1. The van der Waals surface area contributed by atoms with E-state index in [2.05, 4.69) is 5.32 Å². The molecule has 6 heteroatoms. The van der Waals surface area contributed by atoms with Crippen LogP contribution in [0.5, 0.6) is 5.75 Å². The van der Waals surface area contributed by atoms with E-state index in [-0.39, 0.29) is 12.1 Å². The van der Waals surface area contributed by atoms with Crippen molar-refractivity contribution in [3.63, 3.8) is 0 Å². The quantitative estimate of drug-likeness (QED) is 0.807. The Balaban J connectivity index is 1.58. The van der Waals surface area contributed by atoms with Crippen molar-refractivity contribution in [1.29, 1.82) is 0 Å². The van der Waals surface area contributed by atoms with E-state index in [1.54, 1.807) is 12.0 Å². The number of carbonyl (C=O) groups is 1. The number of carbonyl (C=O) groups excluding carboxylic acids is 1. The van der Waals surface area contributed by atoms with Gasteiger partial charge in [0.2, 0.25) is 0 Å². The molecule has 1 saturated heterocycles. The molecule has 2 amide bonds. The molecular weight excluding hydrogens is 332 g/mol. The highest BCUT2D eigenvalue weighted by Gasteiger charge is 2.25. The fraction of sp³-hybridized carbons (Fsp3) is 0.350. The van der Waals surface area contributed by atoms with E-state index in [0.717, 1.165) is 5.56 Å². The van der Waals surface area contributed by atoms with E-state index in [1.165, 1.54) is 0 Å². The molecule has 0 radical (unpaired) electrons. The van der Waals surface area contributed by atoms with Gasteiger partial charge in [-0.3, -0.25) is 0 Å². The largest absolute Gasteiger partial charge is 0.491 e. The first kappa shape index (κ1) is 18.2. The lowest BCUT2D eigenvalue weighted by Gasteiger charge is -2.33. The number of rotatable bonds is 6. The summed E-state index contributed by atoms with van der Waals surface area (Å²) in [7, 11) is 1.63. The first-order chi connectivity index (χ1) is 12.8. The smallest absolute Gasteiger partial charge is 0.322 e. The first-order valence-electron chi connectivity index (χ1n) is 8.70. The van der Waals surface area contributed by atoms with E-state index in [4.69, 9.17) is 14.2 Å². The number of benzene rings is 2. The minimum Gasteiger partial charge on any atom is -0.491 e. The highest BCUT2D eigenvalue weighted by molar-refractivity contribution is 5.89. The average molecular weight is 356 g/mol. The lowest BCUT2D eigenvalue weighted by atomic mass is 10.1. The van der Waals surface area contributed by atoms with Crippen LogP contribution in [0.3, 0.4) is 0 Å². The summed E-state index contributed by atoms with van der Waals surface area (Å²) in [4.78, 5) is 14.4. The third-order valence-corrected chi connectivity index (χ3v) is 4.17. The van der Waals surface area contributed by atoms with Crippen molar-refractivity contribution in [2.24, 2.45) is 0 Å². The van der Waals surface area contributed by atoms with Gasteiger partial charge < -0.3 is 24.4 Å². The molecule has 6 nitrogen and oxygen atoms in total. The van der Waals surface area contributed by atoms with E-state index in [9.17, 15) is 4.79 Å². The lowest BCUT2D eigenvalue weighted by molar-refractivity contribution is -0.0135. The van der Waals surface area contributed by atoms with Crippen LogP contribution in [0.2, 0.25) is 0 Å². The maximum absolute atomic E-state index is 12.6.